The lowest BCUT2D eigenvalue weighted by Crippen LogP contribution is -2.63. The van der Waals surface area contributed by atoms with E-state index in [1.807, 2.05) is 30.0 Å². The molecule has 2 aliphatic rings. The summed E-state index contributed by atoms with van der Waals surface area (Å²) in [5.74, 6) is -0.111. The molecular weight excluding hydrogens is 328 g/mol. The van der Waals surface area contributed by atoms with E-state index in [2.05, 4.69) is 10.3 Å². The summed E-state index contributed by atoms with van der Waals surface area (Å²) in [6.07, 6.45) is -0.541. The Morgan fingerprint density at radius 1 is 1.29 bits per heavy atom. The number of imide groups is 1. The number of hydrogen-bond acceptors (Lipinski definition) is 6. The van der Waals surface area contributed by atoms with Crippen LogP contribution in [0.5, 0.6) is 0 Å². The molecule has 3 rings (SSSR count). The predicted molar refractivity (Wildman–Crippen MR) is 91.9 cm³/mol. The van der Waals surface area contributed by atoms with Gasteiger partial charge in [-0.2, -0.15) is 0 Å². The molecule has 1 saturated heterocycles. The van der Waals surface area contributed by atoms with Gasteiger partial charge in [0.2, 0.25) is 0 Å². The molecule has 1 N–H and O–H groups in total. The summed E-state index contributed by atoms with van der Waals surface area (Å²) in [6, 6.07) is 8.07. The van der Waals surface area contributed by atoms with Crippen molar-refractivity contribution in [1.82, 2.24) is 15.1 Å². The van der Waals surface area contributed by atoms with Gasteiger partial charge in [-0.05, 0) is 6.92 Å². The number of likely N-dealkylation sites (N-methyl/N-ethyl adjacent to an activating group) is 2. The topological polar surface area (TPSA) is 82.1 Å². The summed E-state index contributed by atoms with van der Waals surface area (Å²) in [7, 11) is 1.61. The van der Waals surface area contributed by atoms with Crippen molar-refractivity contribution < 1.29 is 14.4 Å². The van der Waals surface area contributed by atoms with Crippen LogP contribution in [-0.2, 0) is 4.79 Å². The number of Topliss-reactive ketones (excluding diaryl/α,β-unsaturated/α-hetero) is 1. The average Bonchev–Trinajstić information content (AvgIpc) is 2.97. The van der Waals surface area contributed by atoms with Crippen LogP contribution in [-0.4, -0.2) is 64.2 Å². The van der Waals surface area contributed by atoms with Crippen LogP contribution in [0.25, 0.3) is 0 Å². The van der Waals surface area contributed by atoms with Crippen molar-refractivity contribution in [1.29, 1.82) is 0 Å². The largest absolute Gasteiger partial charge is 0.336 e. The highest BCUT2D eigenvalue weighted by molar-refractivity contribution is 8.14. The lowest BCUT2D eigenvalue weighted by molar-refractivity contribution is -0.127. The van der Waals surface area contributed by atoms with Crippen LogP contribution in [0.2, 0.25) is 0 Å². The van der Waals surface area contributed by atoms with E-state index in [0.29, 0.717) is 17.3 Å². The fourth-order valence-corrected chi connectivity index (χ4v) is 3.81. The number of carbonyl (C=O) groups is 3. The van der Waals surface area contributed by atoms with Gasteiger partial charge in [0.15, 0.2) is 23.2 Å². The zero-order chi connectivity index (χ0) is 17.3. The van der Waals surface area contributed by atoms with Crippen LogP contribution in [0.15, 0.2) is 35.3 Å². The highest BCUT2D eigenvalue weighted by atomic mass is 32.2. The van der Waals surface area contributed by atoms with Crippen molar-refractivity contribution in [2.45, 2.75) is 19.1 Å². The van der Waals surface area contributed by atoms with E-state index in [0.717, 1.165) is 0 Å². The third kappa shape index (κ3) is 2.89. The molecule has 1 aromatic carbocycles. The zero-order valence-electron chi connectivity index (χ0n) is 13.4. The molecule has 2 unspecified atom stereocenters. The maximum atomic E-state index is 12.3. The molecule has 2 aliphatic heterocycles. The summed E-state index contributed by atoms with van der Waals surface area (Å²) in [4.78, 5) is 43.9. The fourth-order valence-electron chi connectivity index (χ4n) is 2.79. The molecule has 0 spiro atoms. The first-order chi connectivity index (χ1) is 11.5. The predicted octanol–water partition coefficient (Wildman–Crippen LogP) is 1.17. The standard InChI is InChI=1S/C16H18N4O3S/c1-3-20-12-13(19(2)15(23)18-14(12)22)17-16(20)24-9-11(21)10-7-5-4-6-8-10/h4-8,12-13H,3,9H2,1-2H3,(H,18,22,23). The molecular formula is C16H18N4O3S. The van der Waals surface area contributed by atoms with Crippen molar-refractivity contribution >= 4 is 34.7 Å². The van der Waals surface area contributed by atoms with Crippen LogP contribution in [0, 0.1) is 0 Å². The first-order valence-corrected chi connectivity index (χ1v) is 8.64. The summed E-state index contributed by atoms with van der Waals surface area (Å²) >= 11 is 1.30. The maximum absolute atomic E-state index is 12.3. The third-order valence-electron chi connectivity index (χ3n) is 4.09. The number of benzene rings is 1. The zero-order valence-corrected chi connectivity index (χ0v) is 14.2. The Morgan fingerprint density at radius 2 is 2.00 bits per heavy atom. The molecule has 8 heteroatoms. The van der Waals surface area contributed by atoms with Gasteiger partial charge in [0.25, 0.3) is 5.91 Å². The quantitative estimate of drug-likeness (QED) is 0.828. The van der Waals surface area contributed by atoms with E-state index >= 15 is 0 Å². The maximum Gasteiger partial charge on any atom is 0.325 e. The average molecular weight is 346 g/mol. The highest BCUT2D eigenvalue weighted by Crippen LogP contribution is 2.28. The monoisotopic (exact) mass is 346 g/mol. The SMILES string of the molecule is CCN1C(SCC(=O)c2ccccc2)=NC2C1C(=O)NC(=O)N2C. The van der Waals surface area contributed by atoms with Gasteiger partial charge in [-0.3, -0.25) is 14.9 Å². The number of nitrogens with zero attached hydrogens (tertiary/aromatic N) is 3. The molecule has 0 bridgehead atoms. The van der Waals surface area contributed by atoms with E-state index in [1.165, 1.54) is 16.7 Å². The van der Waals surface area contributed by atoms with E-state index < -0.39 is 18.2 Å². The number of amides is 3. The number of ketones is 1. The van der Waals surface area contributed by atoms with Gasteiger partial charge in [0, 0.05) is 19.2 Å². The minimum Gasteiger partial charge on any atom is -0.336 e. The Bertz CT molecular complexity index is 707. The second-order valence-corrected chi connectivity index (χ2v) is 6.48. The van der Waals surface area contributed by atoms with Crippen molar-refractivity contribution in [2.24, 2.45) is 4.99 Å². The van der Waals surface area contributed by atoms with Gasteiger partial charge in [-0.15, -0.1) is 0 Å². The van der Waals surface area contributed by atoms with Crippen LogP contribution >= 0.6 is 11.8 Å². The number of fused-ring (bicyclic) bond motifs is 1. The van der Waals surface area contributed by atoms with Crippen molar-refractivity contribution in [3.63, 3.8) is 0 Å². The Hall–Kier alpha value is -2.35. The van der Waals surface area contributed by atoms with E-state index in [9.17, 15) is 14.4 Å². The first kappa shape index (κ1) is 16.5. The molecule has 0 aromatic heterocycles. The Balaban J connectivity index is 1.74. The summed E-state index contributed by atoms with van der Waals surface area (Å²) in [6.45, 7) is 2.49. The van der Waals surface area contributed by atoms with E-state index in [4.69, 9.17) is 0 Å². The molecule has 0 radical (unpaired) electrons. The van der Waals surface area contributed by atoms with E-state index in [1.54, 1.807) is 19.2 Å². The summed E-state index contributed by atoms with van der Waals surface area (Å²) < 4.78 is 0. The number of rotatable bonds is 4. The lowest BCUT2D eigenvalue weighted by Gasteiger charge is -2.35. The van der Waals surface area contributed by atoms with Crippen LogP contribution in [0.3, 0.4) is 0 Å². The van der Waals surface area contributed by atoms with Crippen LogP contribution < -0.4 is 5.32 Å². The number of aliphatic imine (C=N–C) groups is 1. The van der Waals surface area contributed by atoms with Crippen LogP contribution in [0.1, 0.15) is 17.3 Å². The van der Waals surface area contributed by atoms with Gasteiger partial charge < -0.3 is 9.80 Å². The van der Waals surface area contributed by atoms with Crippen molar-refractivity contribution in [2.75, 3.05) is 19.3 Å². The Kier molecular flexibility index (Phi) is 4.57. The third-order valence-corrected chi connectivity index (χ3v) is 5.10. The van der Waals surface area contributed by atoms with Gasteiger partial charge in [0.05, 0.1) is 5.75 Å². The number of urea groups is 1. The van der Waals surface area contributed by atoms with Gasteiger partial charge in [-0.1, -0.05) is 42.1 Å². The second kappa shape index (κ2) is 6.64. The number of nitrogens with one attached hydrogen (secondary N) is 1. The fraction of sp³-hybridized carbons (Fsp3) is 0.375. The molecule has 0 aliphatic carbocycles. The summed E-state index contributed by atoms with van der Waals surface area (Å²) in [5, 5.41) is 2.95. The minimum absolute atomic E-state index is 0.00288. The second-order valence-electron chi connectivity index (χ2n) is 5.54. The normalized spacial score (nSPS) is 23.0. The highest BCUT2D eigenvalue weighted by Gasteiger charge is 2.48. The molecule has 0 saturated carbocycles. The molecule has 3 amide bonds. The number of thioether (sulfide) groups is 1. The molecule has 2 heterocycles. The molecule has 1 aromatic rings. The molecule has 7 nitrogen and oxygen atoms in total. The number of amidine groups is 1. The minimum atomic E-state index is -0.541. The van der Waals surface area contributed by atoms with Gasteiger partial charge in [-0.25, -0.2) is 9.79 Å². The smallest absolute Gasteiger partial charge is 0.325 e. The molecule has 2 atom stereocenters. The summed E-state index contributed by atoms with van der Waals surface area (Å²) in [5.41, 5.74) is 0.647. The van der Waals surface area contributed by atoms with Gasteiger partial charge >= 0.3 is 6.03 Å². The lowest BCUT2D eigenvalue weighted by atomic mass is 10.1. The van der Waals surface area contributed by atoms with Gasteiger partial charge in [0.1, 0.15) is 0 Å². The Morgan fingerprint density at radius 3 is 2.67 bits per heavy atom. The first-order valence-electron chi connectivity index (χ1n) is 7.66. The molecule has 1 fully saturated rings. The van der Waals surface area contributed by atoms with E-state index in [-0.39, 0.29) is 17.4 Å². The van der Waals surface area contributed by atoms with Crippen molar-refractivity contribution in [3.8, 4) is 0 Å². The molecule has 126 valence electrons. The molecule has 24 heavy (non-hydrogen) atoms. The Labute approximate surface area is 144 Å². The number of hydrogen-bond donors (Lipinski definition) is 1. The van der Waals surface area contributed by atoms with Crippen molar-refractivity contribution in [3.05, 3.63) is 35.9 Å². The van der Waals surface area contributed by atoms with Crippen LogP contribution in [0.4, 0.5) is 4.79 Å². The number of carbonyl (C=O) groups excluding carboxylic acids is 3.